The van der Waals surface area contributed by atoms with Crippen LogP contribution < -0.4 is 0 Å². The normalized spacial score (nSPS) is 11.2. The maximum atomic E-state index is 11.4. The molecule has 288 valence electrons. The Kier molecular flexibility index (Phi) is 38.5. The quantitative estimate of drug-likeness (QED) is 0.0394. The van der Waals surface area contributed by atoms with Gasteiger partial charge in [-0.25, -0.2) is 4.79 Å². The highest BCUT2D eigenvalue weighted by molar-refractivity contribution is 6.32. The number of aliphatic carboxylic acids is 1. The van der Waals surface area contributed by atoms with E-state index < -0.39 is 17.7 Å². The van der Waals surface area contributed by atoms with Gasteiger partial charge in [0.25, 0.3) is 0 Å². The summed E-state index contributed by atoms with van der Waals surface area (Å²) in [5, 5.41) is 8.44. The Hall–Kier alpha value is -2.13. The molecule has 0 spiro atoms. The third-order valence-electron chi connectivity index (χ3n) is 5.61. The van der Waals surface area contributed by atoms with Crippen LogP contribution in [0.15, 0.2) is 12.7 Å². The molecule has 17 heteroatoms. The second-order valence-electron chi connectivity index (χ2n) is 9.55. The van der Waals surface area contributed by atoms with Crippen molar-refractivity contribution in [1.29, 1.82) is 0 Å². The highest BCUT2D eigenvalue weighted by Gasteiger charge is 2.14. The van der Waals surface area contributed by atoms with Crippen LogP contribution in [0.1, 0.15) is 12.8 Å². The number of hydrogen-bond donors (Lipinski definition) is 1. The van der Waals surface area contributed by atoms with Crippen molar-refractivity contribution in [1.82, 2.24) is 0 Å². The third kappa shape index (κ3) is 40.2. The van der Waals surface area contributed by atoms with Gasteiger partial charge in [-0.15, -0.1) is 6.58 Å². The summed E-state index contributed by atoms with van der Waals surface area (Å²) in [7, 11) is 0. The smallest absolute Gasteiger partial charge is 0.372 e. The first-order valence-electron chi connectivity index (χ1n) is 16.5. The molecule has 0 amide bonds. The molecule has 0 aromatic heterocycles. The SMILES string of the molecule is C=CCOCCOCCOCCOCCOCCOCCOCCOCCOCCOCCOCCOCCOC(=O)CCC(=O)C(=O)O. The van der Waals surface area contributed by atoms with Crippen molar-refractivity contribution in [2.24, 2.45) is 0 Å². The number of carboxylic acids is 1. The lowest BCUT2D eigenvalue weighted by atomic mass is 10.2. The van der Waals surface area contributed by atoms with Crippen LogP contribution in [-0.4, -0.2) is 188 Å². The Morgan fingerprint density at radius 2 is 0.633 bits per heavy atom. The van der Waals surface area contributed by atoms with Crippen LogP contribution in [0.25, 0.3) is 0 Å². The molecule has 49 heavy (non-hydrogen) atoms. The molecule has 0 rings (SSSR count). The second kappa shape index (κ2) is 40.3. The molecule has 1 N–H and O–H groups in total. The first-order valence-corrected chi connectivity index (χ1v) is 16.5. The van der Waals surface area contributed by atoms with Crippen LogP contribution in [0, 0.1) is 0 Å². The van der Waals surface area contributed by atoms with Gasteiger partial charge in [-0.3, -0.25) is 9.59 Å². The monoisotopic (exact) mass is 714 g/mol. The van der Waals surface area contributed by atoms with Gasteiger partial charge in [-0.05, 0) is 0 Å². The Bertz CT molecular complexity index is 755. The number of hydrogen-bond acceptors (Lipinski definition) is 16. The minimum Gasteiger partial charge on any atom is -0.476 e. The number of esters is 1. The minimum atomic E-state index is -1.56. The lowest BCUT2D eigenvalue weighted by Gasteiger charge is -2.09. The van der Waals surface area contributed by atoms with Crippen LogP contribution in [0.5, 0.6) is 0 Å². The van der Waals surface area contributed by atoms with Crippen LogP contribution in [0.2, 0.25) is 0 Å². The summed E-state index contributed by atoms with van der Waals surface area (Å²) < 4.78 is 69.5. The van der Waals surface area contributed by atoms with Gasteiger partial charge < -0.3 is 66.7 Å². The number of rotatable bonds is 42. The zero-order chi connectivity index (χ0) is 35.7. The molecule has 0 unspecified atom stereocenters. The van der Waals surface area contributed by atoms with Gasteiger partial charge in [-0.1, -0.05) is 6.08 Å². The van der Waals surface area contributed by atoms with Crippen molar-refractivity contribution in [2.75, 3.05) is 165 Å². The summed E-state index contributed by atoms with van der Waals surface area (Å²) in [6, 6.07) is 0. The molecule has 0 heterocycles. The largest absolute Gasteiger partial charge is 0.476 e. The van der Waals surface area contributed by atoms with E-state index in [-0.39, 0.29) is 26.1 Å². The standard InChI is InChI=1S/C32H58O17/c1-2-5-37-6-7-38-8-9-39-10-11-40-12-13-41-14-15-42-16-17-43-18-19-44-20-21-45-22-23-46-24-25-47-26-27-48-28-29-49-31(34)4-3-30(33)32(35)36/h2H,1,3-29H2,(H,35,36). The Labute approximate surface area is 289 Å². The Morgan fingerprint density at radius 1 is 0.388 bits per heavy atom. The van der Waals surface area contributed by atoms with Crippen LogP contribution in [0.3, 0.4) is 0 Å². The number of carbonyl (C=O) groups is 3. The average molecular weight is 715 g/mol. The molecular weight excluding hydrogens is 656 g/mol. The van der Waals surface area contributed by atoms with Gasteiger partial charge in [0.05, 0.1) is 165 Å². The fourth-order valence-corrected chi connectivity index (χ4v) is 3.19. The molecule has 0 aromatic carbocycles. The maximum Gasteiger partial charge on any atom is 0.372 e. The van der Waals surface area contributed by atoms with E-state index in [1.807, 2.05) is 0 Å². The highest BCUT2D eigenvalue weighted by atomic mass is 16.6. The van der Waals surface area contributed by atoms with E-state index in [0.29, 0.717) is 152 Å². The zero-order valence-electron chi connectivity index (χ0n) is 28.9. The lowest BCUT2D eigenvalue weighted by molar-refractivity contribution is -0.151. The molecule has 0 aromatic rings. The van der Waals surface area contributed by atoms with Crippen LogP contribution in [0.4, 0.5) is 0 Å². The predicted molar refractivity (Wildman–Crippen MR) is 173 cm³/mol. The molecule has 0 aliphatic rings. The van der Waals surface area contributed by atoms with Gasteiger partial charge in [0, 0.05) is 6.42 Å². The van der Waals surface area contributed by atoms with Gasteiger partial charge in [0.1, 0.15) is 6.61 Å². The topological polar surface area (TPSA) is 191 Å². The first kappa shape index (κ1) is 46.9. The van der Waals surface area contributed by atoms with Gasteiger partial charge in [0.2, 0.25) is 5.78 Å². The van der Waals surface area contributed by atoms with Crippen molar-refractivity contribution in [3.05, 3.63) is 12.7 Å². The number of Topliss-reactive ketones (excluding diaryl/α,β-unsaturated/α-hetero) is 1. The fraction of sp³-hybridized carbons (Fsp3) is 0.844. The third-order valence-corrected chi connectivity index (χ3v) is 5.61. The molecule has 0 bridgehead atoms. The molecular formula is C32H58O17. The molecule has 0 fully saturated rings. The minimum absolute atomic E-state index is 0.0121. The summed E-state index contributed by atoms with van der Waals surface area (Å²) in [6.07, 6.45) is 1.04. The summed E-state index contributed by atoms with van der Waals surface area (Å²) in [5.41, 5.74) is 0. The fourth-order valence-electron chi connectivity index (χ4n) is 3.19. The summed E-state index contributed by atoms with van der Waals surface area (Å²) in [5.74, 6) is -3.24. The van der Waals surface area contributed by atoms with E-state index in [1.54, 1.807) is 6.08 Å². The van der Waals surface area contributed by atoms with Crippen molar-refractivity contribution < 1.29 is 81.1 Å². The predicted octanol–water partition coefficient (Wildman–Crippen LogP) is 0.349. The number of carboxylic acid groups (broad SMARTS) is 1. The second-order valence-corrected chi connectivity index (χ2v) is 9.55. The van der Waals surface area contributed by atoms with E-state index in [2.05, 4.69) is 6.58 Å². The van der Waals surface area contributed by atoms with Crippen molar-refractivity contribution in [2.45, 2.75) is 12.8 Å². The molecule has 0 radical (unpaired) electrons. The van der Waals surface area contributed by atoms with E-state index >= 15 is 0 Å². The Balaban J connectivity index is 3.11. The molecule has 0 saturated heterocycles. The number of ketones is 1. The van der Waals surface area contributed by atoms with E-state index in [1.165, 1.54) is 0 Å². The van der Waals surface area contributed by atoms with Gasteiger partial charge >= 0.3 is 11.9 Å². The summed E-state index contributed by atoms with van der Waals surface area (Å²) >= 11 is 0. The van der Waals surface area contributed by atoms with E-state index in [9.17, 15) is 14.4 Å². The van der Waals surface area contributed by atoms with Crippen molar-refractivity contribution in [3.8, 4) is 0 Å². The zero-order valence-corrected chi connectivity index (χ0v) is 28.9. The molecule has 17 nitrogen and oxygen atoms in total. The molecule has 0 saturated carbocycles. The summed E-state index contributed by atoms with van der Waals surface area (Å²) in [4.78, 5) is 32.6. The molecule has 0 aliphatic heterocycles. The Morgan fingerprint density at radius 3 is 0.878 bits per heavy atom. The van der Waals surface area contributed by atoms with Gasteiger partial charge in [-0.2, -0.15) is 0 Å². The maximum absolute atomic E-state index is 11.4. The number of carbonyl (C=O) groups excluding carboxylic acids is 2. The number of ether oxygens (including phenoxy) is 13. The van der Waals surface area contributed by atoms with Crippen molar-refractivity contribution in [3.63, 3.8) is 0 Å². The summed E-state index contributed by atoms with van der Waals surface area (Å²) in [6.45, 7) is 14.6. The van der Waals surface area contributed by atoms with E-state index in [4.69, 9.17) is 66.7 Å². The molecule has 0 aliphatic carbocycles. The highest BCUT2D eigenvalue weighted by Crippen LogP contribution is 1.95. The van der Waals surface area contributed by atoms with E-state index in [0.717, 1.165) is 0 Å². The van der Waals surface area contributed by atoms with Crippen LogP contribution >= 0.6 is 0 Å². The van der Waals surface area contributed by atoms with Gasteiger partial charge in [0.15, 0.2) is 0 Å². The molecule has 0 atom stereocenters. The van der Waals surface area contributed by atoms with Crippen LogP contribution in [-0.2, 0) is 76.0 Å². The average Bonchev–Trinajstić information content (AvgIpc) is 3.10. The first-order chi connectivity index (χ1) is 24.1. The lowest BCUT2D eigenvalue weighted by Crippen LogP contribution is -2.17. The van der Waals surface area contributed by atoms with Crippen molar-refractivity contribution >= 4 is 17.7 Å².